The number of piperidine rings is 1. The fourth-order valence-electron chi connectivity index (χ4n) is 6.96. The van der Waals surface area contributed by atoms with Gasteiger partial charge >= 0.3 is 12.3 Å². The number of rotatable bonds is 5. The van der Waals surface area contributed by atoms with Crippen molar-refractivity contribution in [3.63, 3.8) is 0 Å². The molecule has 1 unspecified atom stereocenters. The molecular weight excluding hydrogens is 662 g/mol. The van der Waals surface area contributed by atoms with Crippen LogP contribution < -0.4 is 4.74 Å². The molecule has 0 bridgehead atoms. The van der Waals surface area contributed by atoms with Gasteiger partial charge in [-0.1, -0.05) is 30.3 Å². The van der Waals surface area contributed by atoms with Crippen LogP contribution in [0.15, 0.2) is 46.9 Å². The number of piperazine rings is 1. The van der Waals surface area contributed by atoms with Gasteiger partial charge in [-0.05, 0) is 52.4 Å². The maximum Gasteiger partial charge on any atom is 0.410 e. The molecule has 3 fully saturated rings. The highest BCUT2D eigenvalue weighted by atomic mass is 79.9. The molecule has 6 rings (SSSR count). The van der Waals surface area contributed by atoms with Gasteiger partial charge in [-0.15, -0.1) is 0 Å². The molecule has 2 aromatic carbocycles. The second kappa shape index (κ2) is 13.1. The average molecular weight is 699 g/mol. The monoisotopic (exact) mass is 697 g/mol. The number of hydrogen-bond acceptors (Lipinski definition) is 6. The van der Waals surface area contributed by atoms with Gasteiger partial charge < -0.3 is 24.0 Å². The van der Waals surface area contributed by atoms with Crippen molar-refractivity contribution < 1.29 is 41.4 Å². The molecule has 2 aromatic rings. The Morgan fingerprint density at radius 2 is 1.80 bits per heavy atom. The lowest BCUT2D eigenvalue weighted by Crippen LogP contribution is -2.63. The Morgan fingerprint density at radius 3 is 2.49 bits per heavy atom. The van der Waals surface area contributed by atoms with E-state index in [-0.39, 0.29) is 36.5 Å². The fourth-order valence-corrected chi connectivity index (χ4v) is 7.29. The quantitative estimate of drug-likeness (QED) is 0.353. The summed E-state index contributed by atoms with van der Waals surface area (Å²) in [6.45, 7) is 0.975. The van der Waals surface area contributed by atoms with Crippen LogP contribution in [0.25, 0.3) is 0 Å². The van der Waals surface area contributed by atoms with Gasteiger partial charge in [0.2, 0.25) is 5.91 Å². The van der Waals surface area contributed by atoms with Crippen LogP contribution in [-0.4, -0.2) is 90.5 Å². The number of fused-ring (bicyclic) bond motifs is 1. The Hall–Kier alpha value is -2.90. The molecule has 0 aromatic heterocycles. The largest absolute Gasteiger partial charge is 0.487 e. The first-order chi connectivity index (χ1) is 21.5. The van der Waals surface area contributed by atoms with E-state index in [0.717, 1.165) is 5.56 Å². The van der Waals surface area contributed by atoms with Crippen LogP contribution in [0, 0.1) is 11.7 Å². The van der Waals surface area contributed by atoms with Crippen LogP contribution in [0.1, 0.15) is 49.3 Å². The third-order valence-corrected chi connectivity index (χ3v) is 10.1. The summed E-state index contributed by atoms with van der Waals surface area (Å²) in [5.41, 5.74) is 0.346. The van der Waals surface area contributed by atoms with Crippen molar-refractivity contribution >= 4 is 27.9 Å². The van der Waals surface area contributed by atoms with Gasteiger partial charge in [0.25, 0.3) is 0 Å². The first-order valence-electron chi connectivity index (χ1n) is 15.3. The van der Waals surface area contributed by atoms with E-state index in [2.05, 4.69) is 15.9 Å². The molecule has 1 spiro atoms. The SMILES string of the molecule is O=C(OCc1ccccc1)N1CCC2(CC1)CC(N1C[C@@H](C(F)(F)F)N(CC3CCOCC3)CC1=O)c1cc(F)c(Br)cc1O2. The summed E-state index contributed by atoms with van der Waals surface area (Å²) in [6, 6.07) is 9.38. The Labute approximate surface area is 267 Å². The summed E-state index contributed by atoms with van der Waals surface area (Å²) in [6.07, 6.45) is -2.79. The molecule has 13 heteroatoms. The van der Waals surface area contributed by atoms with Gasteiger partial charge in [-0.3, -0.25) is 9.69 Å². The van der Waals surface area contributed by atoms with Crippen molar-refractivity contribution in [1.82, 2.24) is 14.7 Å². The summed E-state index contributed by atoms with van der Waals surface area (Å²) < 4.78 is 75.9. The number of halogens is 5. The van der Waals surface area contributed by atoms with Gasteiger partial charge in [0, 0.05) is 64.2 Å². The van der Waals surface area contributed by atoms with Gasteiger partial charge in [-0.25, -0.2) is 9.18 Å². The van der Waals surface area contributed by atoms with Gasteiger partial charge in [0.1, 0.15) is 29.8 Å². The molecule has 0 aliphatic carbocycles. The van der Waals surface area contributed by atoms with E-state index in [1.165, 1.54) is 21.9 Å². The normalized spacial score (nSPS) is 24.3. The van der Waals surface area contributed by atoms with Crippen molar-refractivity contribution in [3.05, 3.63) is 63.9 Å². The van der Waals surface area contributed by atoms with Gasteiger partial charge in [0.15, 0.2) is 0 Å². The zero-order valence-corrected chi connectivity index (χ0v) is 26.3. The van der Waals surface area contributed by atoms with Crippen molar-refractivity contribution in [2.24, 2.45) is 5.92 Å². The second-order valence-corrected chi connectivity index (χ2v) is 13.3. The second-order valence-electron chi connectivity index (χ2n) is 12.4. The van der Waals surface area contributed by atoms with Gasteiger partial charge in [-0.2, -0.15) is 13.2 Å². The third-order valence-electron chi connectivity index (χ3n) is 9.50. The Morgan fingerprint density at radius 1 is 1.09 bits per heavy atom. The van der Waals surface area contributed by atoms with Crippen LogP contribution in [0.4, 0.5) is 22.4 Å². The number of hydrogen-bond donors (Lipinski definition) is 0. The molecule has 8 nitrogen and oxygen atoms in total. The zero-order chi connectivity index (χ0) is 31.8. The van der Waals surface area contributed by atoms with E-state index >= 15 is 0 Å². The minimum Gasteiger partial charge on any atom is -0.487 e. The molecule has 2 atom stereocenters. The standard InChI is InChI=1S/C32H36BrF4N3O5/c33-24-15-27-23(14-25(24)34)26(40-18-28(32(35,36)37)39(19-29(40)41)17-21-6-12-43-13-7-21)16-31(45-27)8-10-38(11-9-31)30(42)44-20-22-4-2-1-3-5-22/h1-5,14-15,21,26,28H,6-13,16-20H2/t26?,28-/m0/s1. The first-order valence-corrected chi connectivity index (χ1v) is 16.1. The van der Waals surface area contributed by atoms with Crippen LogP contribution in [0.5, 0.6) is 5.75 Å². The molecule has 2 amide bonds. The van der Waals surface area contributed by atoms with E-state index in [0.29, 0.717) is 63.3 Å². The minimum absolute atomic E-state index is 0.0195. The Bertz CT molecular complexity index is 1380. The molecule has 4 aliphatic rings. The molecule has 0 saturated carbocycles. The highest BCUT2D eigenvalue weighted by molar-refractivity contribution is 9.10. The molecule has 244 valence electrons. The number of carbonyl (C=O) groups excluding carboxylic acids is 2. The number of ether oxygens (including phenoxy) is 3. The lowest BCUT2D eigenvalue weighted by Gasteiger charge is -2.51. The lowest BCUT2D eigenvalue weighted by atomic mass is 9.79. The molecule has 0 radical (unpaired) electrons. The number of amides is 2. The van der Waals surface area contributed by atoms with Crippen molar-refractivity contribution in [2.75, 3.05) is 45.9 Å². The third kappa shape index (κ3) is 7.10. The lowest BCUT2D eigenvalue weighted by molar-refractivity contribution is -0.205. The van der Waals surface area contributed by atoms with E-state index in [1.807, 2.05) is 30.3 Å². The van der Waals surface area contributed by atoms with Gasteiger partial charge in [0.05, 0.1) is 17.1 Å². The predicted molar refractivity (Wildman–Crippen MR) is 159 cm³/mol. The predicted octanol–water partition coefficient (Wildman–Crippen LogP) is 6.08. The highest BCUT2D eigenvalue weighted by Crippen LogP contribution is 2.49. The maximum atomic E-state index is 14.8. The number of benzene rings is 2. The summed E-state index contributed by atoms with van der Waals surface area (Å²) in [4.78, 5) is 30.6. The summed E-state index contributed by atoms with van der Waals surface area (Å²) >= 11 is 3.20. The number of likely N-dealkylation sites (tertiary alicyclic amines) is 1. The number of carbonyl (C=O) groups is 2. The zero-order valence-electron chi connectivity index (χ0n) is 24.7. The van der Waals surface area contributed by atoms with E-state index in [1.54, 1.807) is 4.90 Å². The van der Waals surface area contributed by atoms with E-state index in [9.17, 15) is 27.2 Å². The Kier molecular flexibility index (Phi) is 9.31. The molecular formula is C32H36BrF4N3O5. The van der Waals surface area contributed by atoms with E-state index < -0.39 is 48.2 Å². The average Bonchev–Trinajstić information content (AvgIpc) is 3.01. The van der Waals surface area contributed by atoms with Crippen LogP contribution in [-0.2, 0) is 20.9 Å². The maximum absolute atomic E-state index is 14.8. The van der Waals surface area contributed by atoms with Crippen LogP contribution >= 0.6 is 15.9 Å². The van der Waals surface area contributed by atoms with Crippen molar-refractivity contribution in [1.29, 1.82) is 0 Å². The Balaban J connectivity index is 1.20. The first kappa shape index (κ1) is 32.1. The van der Waals surface area contributed by atoms with Crippen LogP contribution in [0.2, 0.25) is 0 Å². The van der Waals surface area contributed by atoms with Crippen molar-refractivity contribution in [2.45, 2.75) is 62.6 Å². The molecule has 0 N–H and O–H groups in total. The molecule has 45 heavy (non-hydrogen) atoms. The minimum atomic E-state index is -4.56. The van der Waals surface area contributed by atoms with E-state index in [4.69, 9.17) is 14.2 Å². The summed E-state index contributed by atoms with van der Waals surface area (Å²) in [7, 11) is 0. The molecule has 4 aliphatic heterocycles. The molecule has 4 heterocycles. The highest BCUT2D eigenvalue weighted by Gasteiger charge is 2.53. The number of nitrogens with zero attached hydrogens (tertiary/aromatic N) is 3. The number of alkyl halides is 3. The summed E-state index contributed by atoms with van der Waals surface area (Å²) in [5.74, 6) is -0.681. The smallest absolute Gasteiger partial charge is 0.410 e. The summed E-state index contributed by atoms with van der Waals surface area (Å²) in [5, 5.41) is 0. The van der Waals surface area contributed by atoms with Crippen LogP contribution in [0.3, 0.4) is 0 Å². The molecule has 3 saturated heterocycles. The topological polar surface area (TPSA) is 71.5 Å². The van der Waals surface area contributed by atoms with Crippen molar-refractivity contribution in [3.8, 4) is 5.75 Å². The fraction of sp³-hybridized carbons (Fsp3) is 0.562.